The molecule has 7 aromatic carbocycles. The largest absolute Gasteiger partial charge is 0.456 e. The second kappa shape index (κ2) is 10.2. The molecule has 51 heavy (non-hydrogen) atoms. The molecule has 0 N–H and O–H groups in total. The van der Waals surface area contributed by atoms with Crippen LogP contribution in [0.15, 0.2) is 159 Å². The summed E-state index contributed by atoms with van der Waals surface area (Å²) in [6.45, 7) is 4.65. The summed E-state index contributed by atoms with van der Waals surface area (Å²) in [5.41, 5.74) is 14.0. The van der Waals surface area contributed by atoms with E-state index in [0.717, 1.165) is 77.6 Å². The summed E-state index contributed by atoms with van der Waals surface area (Å²) in [5, 5.41) is 4.20. The fraction of sp³-hybridized carbons (Fsp3) is 0.0652. The van der Waals surface area contributed by atoms with Gasteiger partial charge in [0.15, 0.2) is 5.58 Å². The molecule has 5 nitrogen and oxygen atoms in total. The summed E-state index contributed by atoms with van der Waals surface area (Å²) in [6, 6.07) is 50.8. The lowest BCUT2D eigenvalue weighted by Crippen LogP contribution is -2.16. The normalized spacial score (nSPS) is 13.5. The van der Waals surface area contributed by atoms with E-state index in [1.54, 1.807) is 0 Å². The van der Waals surface area contributed by atoms with Gasteiger partial charge in [0.2, 0.25) is 5.89 Å². The van der Waals surface area contributed by atoms with Crippen molar-refractivity contribution in [2.24, 2.45) is 0 Å². The highest BCUT2D eigenvalue weighted by Crippen LogP contribution is 2.51. The SMILES string of the molecule is CC1(C)c2ccccc2-c2ccc(N(c3ccc4c(c3)oc3ccccc34)c3ccc4oc5cc6nc(-c7ccccc7)oc6cc5c4c3)cc21. The number of aromatic nitrogens is 1. The molecular formula is C46H30N2O3. The highest BCUT2D eigenvalue weighted by molar-refractivity contribution is 6.10. The van der Waals surface area contributed by atoms with Crippen LogP contribution in [0.4, 0.5) is 17.1 Å². The number of furan rings is 2. The summed E-state index contributed by atoms with van der Waals surface area (Å²) >= 11 is 0. The van der Waals surface area contributed by atoms with Crippen molar-refractivity contribution in [3.8, 4) is 22.6 Å². The van der Waals surface area contributed by atoms with Crippen molar-refractivity contribution >= 4 is 72.0 Å². The van der Waals surface area contributed by atoms with Crippen LogP contribution in [0.1, 0.15) is 25.0 Å². The van der Waals surface area contributed by atoms with Crippen LogP contribution in [0.25, 0.3) is 77.6 Å². The van der Waals surface area contributed by atoms with Crippen molar-refractivity contribution in [2.45, 2.75) is 19.3 Å². The number of hydrogen-bond acceptors (Lipinski definition) is 5. The zero-order chi connectivity index (χ0) is 33.8. The van der Waals surface area contributed by atoms with E-state index in [0.29, 0.717) is 5.89 Å². The van der Waals surface area contributed by atoms with Crippen molar-refractivity contribution in [1.82, 2.24) is 4.98 Å². The third kappa shape index (κ3) is 4.12. The van der Waals surface area contributed by atoms with Crippen LogP contribution in [0.5, 0.6) is 0 Å². The molecule has 11 rings (SSSR count). The van der Waals surface area contributed by atoms with Gasteiger partial charge in [-0.05, 0) is 89.0 Å². The van der Waals surface area contributed by atoms with Crippen LogP contribution in [-0.2, 0) is 5.41 Å². The first-order valence-corrected chi connectivity index (χ1v) is 17.3. The van der Waals surface area contributed by atoms with Gasteiger partial charge in [-0.1, -0.05) is 80.6 Å². The lowest BCUT2D eigenvalue weighted by molar-refractivity contribution is 0.620. The first kappa shape index (κ1) is 28.3. The van der Waals surface area contributed by atoms with Gasteiger partial charge >= 0.3 is 0 Å². The molecular weight excluding hydrogens is 629 g/mol. The van der Waals surface area contributed by atoms with Crippen molar-refractivity contribution < 1.29 is 13.3 Å². The van der Waals surface area contributed by atoms with Gasteiger partial charge in [-0.2, -0.15) is 0 Å². The minimum atomic E-state index is -0.137. The topological polar surface area (TPSA) is 55.6 Å². The van der Waals surface area contributed by atoms with E-state index in [2.05, 4.69) is 116 Å². The molecule has 0 unspecified atom stereocenters. The average molecular weight is 659 g/mol. The molecule has 0 fully saturated rings. The first-order valence-electron chi connectivity index (χ1n) is 17.3. The van der Waals surface area contributed by atoms with Crippen LogP contribution in [0, 0.1) is 0 Å². The van der Waals surface area contributed by atoms with Crippen molar-refractivity contribution in [3.05, 3.63) is 157 Å². The second-order valence-electron chi connectivity index (χ2n) is 14.0. The van der Waals surface area contributed by atoms with Gasteiger partial charge in [0.05, 0.1) is 0 Å². The summed E-state index contributed by atoms with van der Waals surface area (Å²) < 4.78 is 19.1. The molecule has 0 saturated heterocycles. The number of fused-ring (bicyclic) bond motifs is 10. The Morgan fingerprint density at radius 2 is 1.10 bits per heavy atom. The first-order chi connectivity index (χ1) is 25.0. The Kier molecular flexibility index (Phi) is 5.66. The maximum atomic E-state index is 6.42. The van der Waals surface area contributed by atoms with Crippen LogP contribution >= 0.6 is 0 Å². The summed E-state index contributed by atoms with van der Waals surface area (Å²) in [6.07, 6.45) is 0. The highest BCUT2D eigenvalue weighted by atomic mass is 16.4. The van der Waals surface area contributed by atoms with Crippen LogP contribution < -0.4 is 4.90 Å². The zero-order valence-corrected chi connectivity index (χ0v) is 28.0. The molecule has 10 aromatic rings. The summed E-state index contributed by atoms with van der Waals surface area (Å²) in [7, 11) is 0. The number of oxazole rings is 1. The Balaban J connectivity index is 1.11. The third-order valence-electron chi connectivity index (χ3n) is 10.7. The molecule has 3 heterocycles. The monoisotopic (exact) mass is 658 g/mol. The van der Waals surface area contributed by atoms with E-state index in [-0.39, 0.29) is 5.41 Å². The van der Waals surface area contributed by atoms with Crippen LogP contribution in [0.2, 0.25) is 0 Å². The Bertz CT molecular complexity index is 3020. The van der Waals surface area contributed by atoms with Crippen LogP contribution in [0.3, 0.4) is 0 Å². The van der Waals surface area contributed by atoms with Gasteiger partial charge in [0.25, 0.3) is 0 Å². The smallest absolute Gasteiger partial charge is 0.227 e. The lowest BCUT2D eigenvalue weighted by atomic mass is 9.82. The minimum absolute atomic E-state index is 0.137. The predicted octanol–water partition coefficient (Wildman–Crippen LogP) is 13.1. The molecule has 1 aliphatic rings. The van der Waals surface area contributed by atoms with E-state index in [1.807, 2.05) is 48.5 Å². The van der Waals surface area contributed by atoms with Crippen molar-refractivity contribution in [3.63, 3.8) is 0 Å². The number of para-hydroxylation sites is 1. The molecule has 0 atom stereocenters. The molecule has 0 amide bonds. The Labute approximate surface area is 293 Å². The second-order valence-corrected chi connectivity index (χ2v) is 14.0. The van der Waals surface area contributed by atoms with E-state index < -0.39 is 0 Å². The molecule has 3 aromatic heterocycles. The molecule has 1 aliphatic carbocycles. The third-order valence-corrected chi connectivity index (χ3v) is 10.7. The molecule has 0 saturated carbocycles. The highest BCUT2D eigenvalue weighted by Gasteiger charge is 2.35. The Morgan fingerprint density at radius 1 is 0.451 bits per heavy atom. The maximum absolute atomic E-state index is 6.42. The standard InChI is InChI=1S/C46H30N2O3/c1-46(2)37-14-8-6-12-31(37)32-19-16-29(23-38(32)46)48(30-17-20-34-33-13-7-9-15-40(33)49-42(34)24-30)28-18-21-41-35(22-28)36-25-44-39(26-43(36)50-41)47-45(51-44)27-10-4-3-5-11-27/h3-26H,1-2H3. The number of anilines is 3. The zero-order valence-electron chi connectivity index (χ0n) is 28.0. The fourth-order valence-electron chi connectivity index (χ4n) is 8.16. The summed E-state index contributed by atoms with van der Waals surface area (Å²) in [4.78, 5) is 7.10. The van der Waals surface area contributed by atoms with Gasteiger partial charge in [-0.25, -0.2) is 4.98 Å². The quantitative estimate of drug-likeness (QED) is 0.188. The summed E-state index contributed by atoms with van der Waals surface area (Å²) in [5.74, 6) is 0.595. The van der Waals surface area contributed by atoms with Gasteiger partial charge in [-0.3, -0.25) is 0 Å². The number of nitrogens with zero attached hydrogens (tertiary/aromatic N) is 2. The maximum Gasteiger partial charge on any atom is 0.227 e. The number of benzene rings is 7. The molecule has 5 heteroatoms. The van der Waals surface area contributed by atoms with Gasteiger partial charge in [-0.15, -0.1) is 0 Å². The molecule has 0 bridgehead atoms. The van der Waals surface area contributed by atoms with Crippen molar-refractivity contribution in [2.75, 3.05) is 4.90 Å². The molecule has 0 radical (unpaired) electrons. The van der Waals surface area contributed by atoms with E-state index in [4.69, 9.17) is 18.2 Å². The number of hydrogen-bond donors (Lipinski definition) is 0. The lowest BCUT2D eigenvalue weighted by Gasteiger charge is -2.28. The van der Waals surface area contributed by atoms with E-state index in [1.165, 1.54) is 22.3 Å². The Hall–Kier alpha value is -6.59. The molecule has 242 valence electrons. The minimum Gasteiger partial charge on any atom is -0.456 e. The predicted molar refractivity (Wildman–Crippen MR) is 206 cm³/mol. The van der Waals surface area contributed by atoms with Gasteiger partial charge in [0.1, 0.15) is 27.8 Å². The van der Waals surface area contributed by atoms with E-state index in [9.17, 15) is 0 Å². The fourth-order valence-corrected chi connectivity index (χ4v) is 8.16. The van der Waals surface area contributed by atoms with E-state index >= 15 is 0 Å². The van der Waals surface area contributed by atoms with Gasteiger partial charge in [0, 0.05) is 61.7 Å². The average Bonchev–Trinajstić information content (AvgIpc) is 3.91. The molecule has 0 aliphatic heterocycles. The van der Waals surface area contributed by atoms with Gasteiger partial charge < -0.3 is 18.2 Å². The number of rotatable bonds is 4. The Morgan fingerprint density at radius 3 is 2.00 bits per heavy atom. The van der Waals surface area contributed by atoms with Crippen molar-refractivity contribution in [1.29, 1.82) is 0 Å². The van der Waals surface area contributed by atoms with Crippen LogP contribution in [-0.4, -0.2) is 4.98 Å². The molecule has 0 spiro atoms.